The lowest BCUT2D eigenvalue weighted by Gasteiger charge is -2.24. The molecule has 2 N–H and O–H groups in total. The highest BCUT2D eigenvalue weighted by molar-refractivity contribution is 7.99. The second-order valence-electron chi connectivity index (χ2n) is 4.39. The molecular weight excluding hydrogens is 256 g/mol. The Morgan fingerprint density at radius 3 is 2.82 bits per heavy atom. The molecular formula is C12H25ClN2OS. The first-order valence-corrected chi connectivity index (χ1v) is 7.52. The van der Waals surface area contributed by atoms with Gasteiger partial charge in [-0.1, -0.05) is 20.3 Å². The Bertz CT molecular complexity index is 202. The van der Waals surface area contributed by atoms with E-state index in [9.17, 15) is 4.79 Å². The number of nitrogens with one attached hydrogen (secondary N) is 2. The highest BCUT2D eigenvalue weighted by atomic mass is 35.5. The molecule has 1 rings (SSSR count). The average molecular weight is 281 g/mol. The smallest absolute Gasteiger partial charge is 0.221 e. The number of rotatable bonds is 6. The fourth-order valence-electron chi connectivity index (χ4n) is 1.99. The van der Waals surface area contributed by atoms with Crippen LogP contribution in [0.15, 0.2) is 0 Å². The van der Waals surface area contributed by atoms with Gasteiger partial charge in [0.15, 0.2) is 0 Å². The highest BCUT2D eigenvalue weighted by Crippen LogP contribution is 2.10. The van der Waals surface area contributed by atoms with Gasteiger partial charge < -0.3 is 10.6 Å². The third-order valence-electron chi connectivity index (χ3n) is 2.93. The Morgan fingerprint density at radius 2 is 2.29 bits per heavy atom. The van der Waals surface area contributed by atoms with Gasteiger partial charge in [0, 0.05) is 36.6 Å². The summed E-state index contributed by atoms with van der Waals surface area (Å²) in [5.74, 6) is 2.45. The summed E-state index contributed by atoms with van der Waals surface area (Å²) >= 11 is 1.94. The zero-order chi connectivity index (χ0) is 11.8. The zero-order valence-electron chi connectivity index (χ0n) is 10.8. The molecule has 1 fully saturated rings. The van der Waals surface area contributed by atoms with Crippen LogP contribution in [0.3, 0.4) is 0 Å². The molecule has 17 heavy (non-hydrogen) atoms. The van der Waals surface area contributed by atoms with Crippen molar-refractivity contribution in [1.29, 1.82) is 0 Å². The molecule has 1 saturated heterocycles. The van der Waals surface area contributed by atoms with Gasteiger partial charge in [-0.2, -0.15) is 11.8 Å². The van der Waals surface area contributed by atoms with E-state index in [2.05, 4.69) is 24.5 Å². The first kappa shape index (κ1) is 17.1. The van der Waals surface area contributed by atoms with E-state index in [1.165, 1.54) is 5.75 Å². The van der Waals surface area contributed by atoms with Crippen molar-refractivity contribution in [2.75, 3.05) is 18.1 Å². The molecule has 102 valence electrons. The molecule has 0 saturated carbocycles. The molecule has 2 atom stereocenters. The number of hydrogen-bond donors (Lipinski definition) is 2. The van der Waals surface area contributed by atoms with E-state index in [1.54, 1.807) is 0 Å². The Balaban J connectivity index is 0.00000256. The van der Waals surface area contributed by atoms with E-state index in [1.807, 2.05) is 11.8 Å². The normalized spacial score (nSPS) is 21.4. The van der Waals surface area contributed by atoms with Crippen molar-refractivity contribution in [3.8, 4) is 0 Å². The second kappa shape index (κ2) is 10.0. The lowest BCUT2D eigenvalue weighted by molar-refractivity contribution is -0.122. The zero-order valence-corrected chi connectivity index (χ0v) is 12.5. The molecule has 0 bridgehead atoms. The summed E-state index contributed by atoms with van der Waals surface area (Å²) in [4.78, 5) is 11.8. The number of amides is 1. The summed E-state index contributed by atoms with van der Waals surface area (Å²) in [6.45, 7) is 5.33. The molecule has 0 aromatic heterocycles. The van der Waals surface area contributed by atoms with Gasteiger partial charge in [-0.25, -0.2) is 0 Å². The molecule has 1 aliphatic heterocycles. The van der Waals surface area contributed by atoms with E-state index in [4.69, 9.17) is 0 Å². The summed E-state index contributed by atoms with van der Waals surface area (Å²) in [5.41, 5.74) is 0. The molecule has 5 heteroatoms. The topological polar surface area (TPSA) is 41.1 Å². The van der Waals surface area contributed by atoms with Crippen LogP contribution in [0.5, 0.6) is 0 Å². The van der Waals surface area contributed by atoms with E-state index >= 15 is 0 Å². The van der Waals surface area contributed by atoms with Crippen LogP contribution in [-0.2, 0) is 4.79 Å². The van der Waals surface area contributed by atoms with E-state index in [0.717, 1.165) is 31.6 Å². The third-order valence-corrected chi connectivity index (χ3v) is 4.06. The molecule has 0 radical (unpaired) electrons. The highest BCUT2D eigenvalue weighted by Gasteiger charge is 2.18. The average Bonchev–Trinajstić information content (AvgIpc) is 2.29. The summed E-state index contributed by atoms with van der Waals surface area (Å²) in [6.07, 6.45) is 3.89. The van der Waals surface area contributed by atoms with Crippen LogP contribution in [-0.4, -0.2) is 36.0 Å². The lowest BCUT2D eigenvalue weighted by Crippen LogP contribution is -2.43. The quantitative estimate of drug-likeness (QED) is 0.784. The molecule has 0 aromatic carbocycles. The summed E-state index contributed by atoms with van der Waals surface area (Å²) in [6, 6.07) is 0.742. The molecule has 3 nitrogen and oxygen atoms in total. The maximum atomic E-state index is 11.8. The Labute approximate surface area is 115 Å². The first-order valence-electron chi connectivity index (χ1n) is 6.36. The Morgan fingerprint density at radius 1 is 1.53 bits per heavy atom. The molecule has 2 unspecified atom stereocenters. The van der Waals surface area contributed by atoms with Gasteiger partial charge in [0.2, 0.25) is 5.91 Å². The van der Waals surface area contributed by atoms with Crippen LogP contribution < -0.4 is 10.6 Å². The fraction of sp³-hybridized carbons (Fsp3) is 0.917. The lowest BCUT2D eigenvalue weighted by atomic mass is 10.1. The van der Waals surface area contributed by atoms with Gasteiger partial charge in [-0.05, 0) is 12.8 Å². The standard InChI is InChI=1S/C12H24N2OS.ClH/c1-3-5-10(4-2)14-12(15)8-11-9-16-7-6-13-11;/h10-11,13H,3-9H2,1-2H3,(H,14,15);1H. The van der Waals surface area contributed by atoms with Crippen LogP contribution in [0, 0.1) is 0 Å². The minimum absolute atomic E-state index is 0. The van der Waals surface area contributed by atoms with Gasteiger partial charge in [0.25, 0.3) is 0 Å². The Kier molecular flexibility index (Phi) is 10.1. The summed E-state index contributed by atoms with van der Waals surface area (Å²) in [7, 11) is 0. The largest absolute Gasteiger partial charge is 0.353 e. The number of carbonyl (C=O) groups is 1. The number of carbonyl (C=O) groups excluding carboxylic acids is 1. The van der Waals surface area contributed by atoms with E-state index < -0.39 is 0 Å². The number of halogens is 1. The van der Waals surface area contributed by atoms with Crippen molar-refractivity contribution in [3.63, 3.8) is 0 Å². The van der Waals surface area contributed by atoms with Crippen molar-refractivity contribution in [1.82, 2.24) is 10.6 Å². The Hall–Kier alpha value is 0.0700. The predicted molar refractivity (Wildman–Crippen MR) is 78.1 cm³/mol. The SMILES string of the molecule is CCCC(CC)NC(=O)CC1CSCCN1.Cl. The van der Waals surface area contributed by atoms with Crippen molar-refractivity contribution in [2.45, 2.75) is 51.6 Å². The number of hydrogen-bond acceptors (Lipinski definition) is 3. The third kappa shape index (κ3) is 7.17. The van der Waals surface area contributed by atoms with Crippen molar-refractivity contribution in [3.05, 3.63) is 0 Å². The second-order valence-corrected chi connectivity index (χ2v) is 5.54. The van der Waals surface area contributed by atoms with Gasteiger partial charge in [-0.15, -0.1) is 12.4 Å². The number of thioether (sulfide) groups is 1. The van der Waals surface area contributed by atoms with Gasteiger partial charge in [0.1, 0.15) is 0 Å². The van der Waals surface area contributed by atoms with Crippen molar-refractivity contribution in [2.24, 2.45) is 0 Å². The molecule has 0 aromatic rings. The van der Waals surface area contributed by atoms with Crippen molar-refractivity contribution >= 4 is 30.1 Å². The molecule has 0 aliphatic carbocycles. The summed E-state index contributed by atoms with van der Waals surface area (Å²) < 4.78 is 0. The molecule has 1 heterocycles. The van der Waals surface area contributed by atoms with Crippen LogP contribution in [0.4, 0.5) is 0 Å². The predicted octanol–water partition coefficient (Wildman–Crippen LogP) is 2.20. The molecule has 1 amide bonds. The van der Waals surface area contributed by atoms with Crippen LogP contribution in [0.1, 0.15) is 39.5 Å². The van der Waals surface area contributed by atoms with E-state index in [0.29, 0.717) is 18.5 Å². The van der Waals surface area contributed by atoms with Crippen LogP contribution >= 0.6 is 24.2 Å². The van der Waals surface area contributed by atoms with Crippen LogP contribution in [0.2, 0.25) is 0 Å². The van der Waals surface area contributed by atoms with Gasteiger partial charge >= 0.3 is 0 Å². The maximum absolute atomic E-state index is 11.8. The monoisotopic (exact) mass is 280 g/mol. The van der Waals surface area contributed by atoms with Crippen molar-refractivity contribution < 1.29 is 4.79 Å². The van der Waals surface area contributed by atoms with E-state index in [-0.39, 0.29) is 18.3 Å². The molecule has 1 aliphatic rings. The van der Waals surface area contributed by atoms with Crippen LogP contribution in [0.25, 0.3) is 0 Å². The molecule has 0 spiro atoms. The van der Waals surface area contributed by atoms with Gasteiger partial charge in [0.05, 0.1) is 0 Å². The first-order chi connectivity index (χ1) is 7.76. The maximum Gasteiger partial charge on any atom is 0.221 e. The summed E-state index contributed by atoms with van der Waals surface area (Å²) in [5, 5.41) is 6.52. The minimum atomic E-state index is 0. The van der Waals surface area contributed by atoms with Gasteiger partial charge in [-0.3, -0.25) is 4.79 Å². The minimum Gasteiger partial charge on any atom is -0.353 e. The fourth-order valence-corrected chi connectivity index (χ4v) is 2.94.